The monoisotopic (exact) mass is 300 g/mol. The van der Waals surface area contributed by atoms with E-state index in [2.05, 4.69) is 16.5 Å². The third-order valence-corrected chi connectivity index (χ3v) is 4.56. The van der Waals surface area contributed by atoms with Gasteiger partial charge in [0.1, 0.15) is 0 Å². The number of aliphatic hydroxyl groups is 1. The van der Waals surface area contributed by atoms with E-state index in [9.17, 15) is 8.42 Å². The van der Waals surface area contributed by atoms with E-state index in [-0.39, 0.29) is 11.5 Å². The van der Waals surface area contributed by atoms with Crippen LogP contribution in [0.2, 0.25) is 0 Å². The first-order valence-corrected chi connectivity index (χ1v) is 8.49. The molecule has 0 saturated heterocycles. The minimum atomic E-state index is -3.40. The Balaban J connectivity index is 2.87. The van der Waals surface area contributed by atoms with E-state index >= 15 is 0 Å². The highest BCUT2D eigenvalue weighted by Crippen LogP contribution is 2.18. The number of nitrogens with one attached hydrogen (secondary N) is 1. The maximum atomic E-state index is 11.8. The first kappa shape index (κ1) is 16.9. The van der Waals surface area contributed by atoms with Crippen LogP contribution in [0.15, 0.2) is 29.2 Å². The summed E-state index contributed by atoms with van der Waals surface area (Å²) < 4.78 is 26.2. The number of anilines is 1. The van der Waals surface area contributed by atoms with Crippen molar-refractivity contribution in [3.8, 4) is 0 Å². The molecule has 0 atom stereocenters. The fourth-order valence-electron chi connectivity index (χ4n) is 1.95. The van der Waals surface area contributed by atoms with Crippen LogP contribution < -0.4 is 9.62 Å². The van der Waals surface area contributed by atoms with Crippen LogP contribution in [-0.2, 0) is 10.0 Å². The first-order valence-electron chi connectivity index (χ1n) is 7.00. The van der Waals surface area contributed by atoms with Crippen molar-refractivity contribution in [1.82, 2.24) is 4.72 Å². The van der Waals surface area contributed by atoms with Gasteiger partial charge in [-0.3, -0.25) is 0 Å². The summed E-state index contributed by atoms with van der Waals surface area (Å²) in [5.74, 6) is 0. The van der Waals surface area contributed by atoms with Gasteiger partial charge < -0.3 is 10.0 Å². The SMILES string of the molecule is CCCCN(CCO)c1ccc(S(=O)(=O)NCC)cc1. The Bertz CT molecular complexity index is 486. The zero-order valence-corrected chi connectivity index (χ0v) is 13.0. The van der Waals surface area contributed by atoms with E-state index in [0.29, 0.717) is 13.1 Å². The molecule has 0 aliphatic rings. The van der Waals surface area contributed by atoms with Gasteiger partial charge >= 0.3 is 0 Å². The quantitative estimate of drug-likeness (QED) is 0.726. The number of sulfonamides is 1. The van der Waals surface area contributed by atoms with Gasteiger partial charge in [0.2, 0.25) is 10.0 Å². The lowest BCUT2D eigenvalue weighted by atomic mass is 10.2. The lowest BCUT2D eigenvalue weighted by Crippen LogP contribution is -2.28. The minimum Gasteiger partial charge on any atom is -0.395 e. The van der Waals surface area contributed by atoms with Crippen LogP contribution in [0.1, 0.15) is 26.7 Å². The predicted octanol–water partition coefficient (Wildman–Crippen LogP) is 1.58. The van der Waals surface area contributed by atoms with E-state index in [4.69, 9.17) is 5.11 Å². The second-order valence-electron chi connectivity index (χ2n) is 4.56. The van der Waals surface area contributed by atoms with E-state index in [0.717, 1.165) is 25.1 Å². The summed E-state index contributed by atoms with van der Waals surface area (Å²) in [6.45, 7) is 5.73. The van der Waals surface area contributed by atoms with E-state index in [1.165, 1.54) is 0 Å². The third-order valence-electron chi connectivity index (χ3n) is 3.00. The lowest BCUT2D eigenvalue weighted by molar-refractivity contribution is 0.301. The van der Waals surface area contributed by atoms with Crippen molar-refractivity contribution in [2.45, 2.75) is 31.6 Å². The molecule has 0 unspecified atom stereocenters. The third kappa shape index (κ3) is 4.77. The molecule has 1 aromatic rings. The Kier molecular flexibility index (Phi) is 6.98. The molecule has 5 nitrogen and oxygen atoms in total. The minimum absolute atomic E-state index is 0.0845. The molecule has 0 radical (unpaired) electrons. The highest BCUT2D eigenvalue weighted by Gasteiger charge is 2.13. The molecular formula is C14H24N2O3S. The van der Waals surface area contributed by atoms with Crippen LogP contribution in [0.25, 0.3) is 0 Å². The summed E-state index contributed by atoms with van der Waals surface area (Å²) in [7, 11) is -3.40. The Morgan fingerprint density at radius 2 is 1.80 bits per heavy atom. The van der Waals surface area contributed by atoms with Crippen LogP contribution in [0.4, 0.5) is 5.69 Å². The van der Waals surface area contributed by atoms with E-state index < -0.39 is 10.0 Å². The molecule has 1 aromatic carbocycles. The molecule has 0 spiro atoms. The number of rotatable bonds is 9. The summed E-state index contributed by atoms with van der Waals surface area (Å²) in [6.07, 6.45) is 2.12. The number of hydrogen-bond acceptors (Lipinski definition) is 4. The number of unbranched alkanes of at least 4 members (excludes halogenated alkanes) is 1. The van der Waals surface area contributed by atoms with Gasteiger partial charge in [-0.15, -0.1) is 0 Å². The summed E-state index contributed by atoms with van der Waals surface area (Å²) in [4.78, 5) is 2.33. The van der Waals surface area contributed by atoms with Crippen molar-refractivity contribution in [3.05, 3.63) is 24.3 Å². The summed E-state index contributed by atoms with van der Waals surface area (Å²) in [5.41, 5.74) is 0.933. The van der Waals surface area contributed by atoms with Crippen LogP contribution in [0.5, 0.6) is 0 Å². The Labute approximate surface area is 121 Å². The van der Waals surface area contributed by atoms with Crippen molar-refractivity contribution in [3.63, 3.8) is 0 Å². The molecule has 6 heteroatoms. The van der Waals surface area contributed by atoms with Crippen molar-refractivity contribution in [2.75, 3.05) is 31.1 Å². The average molecular weight is 300 g/mol. The van der Waals surface area contributed by atoms with Gasteiger partial charge in [0.15, 0.2) is 0 Å². The number of nitrogens with zero attached hydrogens (tertiary/aromatic N) is 1. The zero-order valence-electron chi connectivity index (χ0n) is 12.2. The van der Waals surface area contributed by atoms with Gasteiger partial charge in [0, 0.05) is 25.3 Å². The zero-order chi connectivity index (χ0) is 15.0. The molecule has 0 amide bonds. The molecular weight excluding hydrogens is 276 g/mol. The average Bonchev–Trinajstić information content (AvgIpc) is 2.43. The number of hydrogen-bond donors (Lipinski definition) is 2. The second kappa shape index (κ2) is 8.24. The molecule has 2 N–H and O–H groups in total. The van der Waals surface area contributed by atoms with Crippen LogP contribution in [0, 0.1) is 0 Å². The fraction of sp³-hybridized carbons (Fsp3) is 0.571. The molecule has 0 aromatic heterocycles. The summed E-state index contributed by atoms with van der Waals surface area (Å²) >= 11 is 0. The maximum Gasteiger partial charge on any atom is 0.240 e. The molecule has 0 heterocycles. The highest BCUT2D eigenvalue weighted by atomic mass is 32.2. The first-order chi connectivity index (χ1) is 9.55. The van der Waals surface area contributed by atoms with Crippen LogP contribution in [-0.4, -0.2) is 39.8 Å². The highest BCUT2D eigenvalue weighted by molar-refractivity contribution is 7.89. The largest absolute Gasteiger partial charge is 0.395 e. The van der Waals surface area contributed by atoms with Crippen molar-refractivity contribution >= 4 is 15.7 Å². The Hall–Kier alpha value is -1.11. The predicted molar refractivity (Wildman–Crippen MR) is 81.5 cm³/mol. The molecule has 0 aliphatic heterocycles. The summed E-state index contributed by atoms with van der Waals surface area (Å²) in [6, 6.07) is 6.78. The molecule has 0 saturated carbocycles. The smallest absolute Gasteiger partial charge is 0.240 e. The lowest BCUT2D eigenvalue weighted by Gasteiger charge is -2.24. The topological polar surface area (TPSA) is 69.6 Å². The maximum absolute atomic E-state index is 11.8. The molecule has 114 valence electrons. The van der Waals surface area contributed by atoms with Crippen molar-refractivity contribution < 1.29 is 13.5 Å². The molecule has 20 heavy (non-hydrogen) atoms. The van der Waals surface area contributed by atoms with Crippen molar-refractivity contribution in [2.24, 2.45) is 0 Å². The van der Waals surface area contributed by atoms with Crippen LogP contribution in [0.3, 0.4) is 0 Å². The number of benzene rings is 1. The Morgan fingerprint density at radius 1 is 1.15 bits per heavy atom. The van der Waals surface area contributed by atoms with Gasteiger partial charge in [-0.1, -0.05) is 20.3 Å². The van der Waals surface area contributed by atoms with Gasteiger partial charge in [0.05, 0.1) is 11.5 Å². The summed E-state index contributed by atoms with van der Waals surface area (Å²) in [5, 5.41) is 9.10. The molecule has 0 bridgehead atoms. The standard InChI is InChI=1S/C14H24N2O3S/c1-3-5-10-16(11-12-17)13-6-8-14(9-7-13)20(18,19)15-4-2/h6-9,15,17H,3-5,10-12H2,1-2H3. The van der Waals surface area contributed by atoms with Gasteiger partial charge in [0.25, 0.3) is 0 Å². The van der Waals surface area contributed by atoms with Crippen LogP contribution >= 0.6 is 0 Å². The molecule has 0 aliphatic carbocycles. The van der Waals surface area contributed by atoms with Crippen molar-refractivity contribution in [1.29, 1.82) is 0 Å². The number of aliphatic hydroxyl groups excluding tert-OH is 1. The van der Waals surface area contributed by atoms with Gasteiger partial charge in [-0.2, -0.15) is 0 Å². The normalized spacial score (nSPS) is 11.6. The van der Waals surface area contributed by atoms with E-state index in [1.54, 1.807) is 31.2 Å². The van der Waals surface area contributed by atoms with E-state index in [1.807, 2.05) is 0 Å². The Morgan fingerprint density at radius 3 is 2.30 bits per heavy atom. The molecule has 1 rings (SSSR count). The fourth-order valence-corrected chi connectivity index (χ4v) is 2.99. The second-order valence-corrected chi connectivity index (χ2v) is 6.33. The van der Waals surface area contributed by atoms with Gasteiger partial charge in [-0.05, 0) is 30.7 Å². The molecule has 0 fully saturated rings. The van der Waals surface area contributed by atoms with Gasteiger partial charge in [-0.25, -0.2) is 13.1 Å².